The molecule has 9 nitrogen and oxygen atoms in total. The molecule has 1 amide bonds. The summed E-state index contributed by atoms with van der Waals surface area (Å²) in [6.45, 7) is 0.612. The maximum absolute atomic E-state index is 14.2. The standard InChI is InChI=1S/C22H22FN3O6/c1-24(2)10-11-25-19(13-4-7-15(8-5-13)26(30)31)18(21(28)22(25)29)20(27)14-6-9-17(32-3)16(23)12-14/h4-9,12,19,27H,10-11H2,1-3H3/b20-18-. The summed E-state index contributed by atoms with van der Waals surface area (Å²) in [7, 11) is 4.90. The fourth-order valence-electron chi connectivity index (χ4n) is 3.51. The Kier molecular flexibility index (Phi) is 6.54. The van der Waals surface area contributed by atoms with E-state index in [9.17, 15) is 29.2 Å². The molecular formula is C22H22FN3O6. The normalized spacial score (nSPS) is 17.8. The third-order valence-electron chi connectivity index (χ3n) is 5.17. The Morgan fingerprint density at radius 1 is 1.22 bits per heavy atom. The van der Waals surface area contributed by atoms with Crippen LogP contribution in [0.2, 0.25) is 0 Å². The molecule has 168 valence electrons. The van der Waals surface area contributed by atoms with Gasteiger partial charge < -0.3 is 19.6 Å². The summed E-state index contributed by atoms with van der Waals surface area (Å²) in [5, 5.41) is 21.9. The van der Waals surface area contributed by atoms with Crippen molar-refractivity contribution in [3.8, 4) is 5.75 Å². The van der Waals surface area contributed by atoms with Gasteiger partial charge in [-0.3, -0.25) is 19.7 Å². The molecule has 2 aromatic rings. The first-order valence-corrected chi connectivity index (χ1v) is 9.67. The van der Waals surface area contributed by atoms with Crippen molar-refractivity contribution in [3.63, 3.8) is 0 Å². The van der Waals surface area contributed by atoms with Gasteiger partial charge in [0.05, 0.1) is 23.6 Å². The van der Waals surface area contributed by atoms with E-state index in [0.29, 0.717) is 12.1 Å². The molecule has 0 saturated carbocycles. The Morgan fingerprint density at radius 2 is 1.88 bits per heavy atom. The van der Waals surface area contributed by atoms with E-state index < -0.39 is 34.2 Å². The predicted octanol–water partition coefficient (Wildman–Crippen LogP) is 2.73. The topological polar surface area (TPSA) is 113 Å². The molecule has 10 heteroatoms. The van der Waals surface area contributed by atoms with E-state index in [0.717, 1.165) is 6.07 Å². The number of halogens is 1. The van der Waals surface area contributed by atoms with Crippen LogP contribution in [0.5, 0.6) is 5.75 Å². The number of aliphatic hydroxyl groups is 1. The average molecular weight is 443 g/mol. The summed E-state index contributed by atoms with van der Waals surface area (Å²) >= 11 is 0. The maximum Gasteiger partial charge on any atom is 0.295 e. The summed E-state index contributed by atoms with van der Waals surface area (Å²) in [6, 6.07) is 8.07. The largest absolute Gasteiger partial charge is 0.507 e. The molecule has 1 N–H and O–H groups in total. The highest BCUT2D eigenvalue weighted by atomic mass is 19.1. The van der Waals surface area contributed by atoms with Crippen LogP contribution >= 0.6 is 0 Å². The van der Waals surface area contributed by atoms with Crippen LogP contribution in [0.4, 0.5) is 10.1 Å². The number of Topliss-reactive ketones (excluding diaryl/α,β-unsaturated/α-hetero) is 1. The summed E-state index contributed by atoms with van der Waals surface area (Å²) < 4.78 is 19.1. The highest BCUT2D eigenvalue weighted by Crippen LogP contribution is 2.40. The zero-order chi connectivity index (χ0) is 23.6. The van der Waals surface area contributed by atoms with E-state index in [4.69, 9.17) is 4.74 Å². The van der Waals surface area contributed by atoms with Crippen LogP contribution in [-0.2, 0) is 9.59 Å². The number of nitro groups is 1. The summed E-state index contributed by atoms with van der Waals surface area (Å²) in [6.07, 6.45) is 0. The van der Waals surface area contributed by atoms with Crippen LogP contribution in [0, 0.1) is 15.9 Å². The van der Waals surface area contributed by atoms with Gasteiger partial charge >= 0.3 is 0 Å². The van der Waals surface area contributed by atoms with Crippen LogP contribution in [-0.4, -0.2) is 65.8 Å². The number of ether oxygens (including phenoxy) is 1. The van der Waals surface area contributed by atoms with Gasteiger partial charge in [-0.25, -0.2) is 4.39 Å². The first-order valence-electron chi connectivity index (χ1n) is 9.67. The maximum atomic E-state index is 14.2. The minimum Gasteiger partial charge on any atom is -0.507 e. The van der Waals surface area contributed by atoms with Crippen molar-refractivity contribution in [1.29, 1.82) is 0 Å². The molecule has 2 aromatic carbocycles. The quantitative estimate of drug-likeness (QED) is 0.230. The zero-order valence-corrected chi connectivity index (χ0v) is 17.7. The van der Waals surface area contributed by atoms with Crippen molar-refractivity contribution in [2.45, 2.75) is 6.04 Å². The van der Waals surface area contributed by atoms with Crippen molar-refractivity contribution >= 4 is 23.1 Å². The van der Waals surface area contributed by atoms with Gasteiger partial charge in [-0.1, -0.05) is 0 Å². The Hall–Kier alpha value is -3.79. The number of hydrogen-bond acceptors (Lipinski definition) is 7. The van der Waals surface area contributed by atoms with Crippen molar-refractivity contribution in [1.82, 2.24) is 9.80 Å². The molecule has 1 atom stereocenters. The molecule has 1 aliphatic rings. The summed E-state index contributed by atoms with van der Waals surface area (Å²) in [4.78, 5) is 39.3. The van der Waals surface area contributed by atoms with Crippen molar-refractivity contribution in [2.75, 3.05) is 34.3 Å². The summed E-state index contributed by atoms with van der Waals surface area (Å²) in [5.74, 6) is -3.06. The number of nitro benzene ring substituents is 1. The van der Waals surface area contributed by atoms with Gasteiger partial charge in [0.25, 0.3) is 17.4 Å². The number of aliphatic hydroxyl groups excluding tert-OH is 1. The number of nitrogens with zero attached hydrogens (tertiary/aromatic N) is 3. The molecule has 0 bridgehead atoms. The third-order valence-corrected chi connectivity index (χ3v) is 5.17. The van der Waals surface area contributed by atoms with Crippen molar-refractivity contribution in [2.24, 2.45) is 0 Å². The molecule has 3 rings (SSSR count). The van der Waals surface area contributed by atoms with E-state index in [1.165, 1.54) is 48.4 Å². The van der Waals surface area contributed by atoms with Crippen LogP contribution < -0.4 is 4.74 Å². The number of ketones is 1. The van der Waals surface area contributed by atoms with Crippen LogP contribution in [0.15, 0.2) is 48.0 Å². The number of likely N-dealkylation sites (N-methyl/N-ethyl adjacent to an activating group) is 1. The highest BCUT2D eigenvalue weighted by Gasteiger charge is 2.46. The number of rotatable bonds is 7. The molecule has 0 radical (unpaired) electrons. The van der Waals surface area contributed by atoms with Gasteiger partial charge in [-0.2, -0.15) is 0 Å². The number of non-ortho nitro benzene ring substituents is 1. The Morgan fingerprint density at radius 3 is 2.41 bits per heavy atom. The number of carbonyl (C=O) groups excluding carboxylic acids is 2. The number of likely N-dealkylation sites (tertiary alicyclic amines) is 1. The lowest BCUT2D eigenvalue weighted by Gasteiger charge is -2.26. The number of amides is 1. The molecule has 0 spiro atoms. The third kappa shape index (κ3) is 4.30. The SMILES string of the molecule is COc1ccc(/C(O)=C2/C(=O)C(=O)N(CCN(C)C)C2c2ccc([N+](=O)[O-])cc2)cc1F. The van der Waals surface area contributed by atoms with Gasteiger partial charge in [0.2, 0.25) is 0 Å². The predicted molar refractivity (Wildman–Crippen MR) is 114 cm³/mol. The Balaban J connectivity index is 2.15. The van der Waals surface area contributed by atoms with Crippen LogP contribution in [0.3, 0.4) is 0 Å². The average Bonchev–Trinajstić information content (AvgIpc) is 3.01. The minimum absolute atomic E-state index is 0.000760. The van der Waals surface area contributed by atoms with Gasteiger partial charge in [0, 0.05) is 30.8 Å². The molecule has 1 aliphatic heterocycles. The number of benzene rings is 2. The van der Waals surface area contributed by atoms with Gasteiger partial charge in [-0.05, 0) is 50.0 Å². The van der Waals surface area contributed by atoms with E-state index in [1.54, 1.807) is 14.1 Å². The lowest BCUT2D eigenvalue weighted by atomic mass is 9.95. The minimum atomic E-state index is -0.985. The first-order chi connectivity index (χ1) is 15.1. The molecule has 1 fully saturated rings. The lowest BCUT2D eigenvalue weighted by molar-refractivity contribution is -0.384. The van der Waals surface area contributed by atoms with Crippen LogP contribution in [0.25, 0.3) is 5.76 Å². The smallest absolute Gasteiger partial charge is 0.295 e. The second-order valence-electron chi connectivity index (χ2n) is 7.49. The number of carbonyl (C=O) groups is 2. The lowest BCUT2D eigenvalue weighted by Crippen LogP contribution is -2.35. The second-order valence-corrected chi connectivity index (χ2v) is 7.49. The van der Waals surface area contributed by atoms with E-state index in [1.807, 2.05) is 4.90 Å². The van der Waals surface area contributed by atoms with Crippen molar-refractivity contribution < 1.29 is 28.7 Å². The van der Waals surface area contributed by atoms with E-state index in [-0.39, 0.29) is 29.1 Å². The molecule has 0 aliphatic carbocycles. The summed E-state index contributed by atoms with van der Waals surface area (Å²) in [5.41, 5.74) is 0.0355. The molecule has 1 saturated heterocycles. The molecular weight excluding hydrogens is 421 g/mol. The van der Waals surface area contributed by atoms with Gasteiger partial charge in [0.1, 0.15) is 5.76 Å². The van der Waals surface area contributed by atoms with Gasteiger partial charge in [0.15, 0.2) is 11.6 Å². The molecule has 32 heavy (non-hydrogen) atoms. The molecule has 0 aromatic heterocycles. The van der Waals surface area contributed by atoms with E-state index >= 15 is 0 Å². The molecule has 1 heterocycles. The second kappa shape index (κ2) is 9.15. The Bertz CT molecular complexity index is 1100. The number of hydrogen-bond donors (Lipinski definition) is 1. The van der Waals surface area contributed by atoms with E-state index in [2.05, 4.69) is 0 Å². The van der Waals surface area contributed by atoms with Crippen LogP contribution in [0.1, 0.15) is 17.2 Å². The van der Waals surface area contributed by atoms with Crippen molar-refractivity contribution in [3.05, 3.63) is 75.1 Å². The van der Waals surface area contributed by atoms with Gasteiger partial charge in [-0.15, -0.1) is 0 Å². The first kappa shape index (κ1) is 22.9. The highest BCUT2D eigenvalue weighted by molar-refractivity contribution is 6.46. The fourth-order valence-corrected chi connectivity index (χ4v) is 3.51. The fraction of sp³-hybridized carbons (Fsp3) is 0.273. The Labute approximate surface area is 183 Å². The zero-order valence-electron chi connectivity index (χ0n) is 17.7. The monoisotopic (exact) mass is 443 g/mol. The number of methoxy groups -OCH3 is 1. The molecule has 1 unspecified atom stereocenters.